The van der Waals surface area contributed by atoms with E-state index in [0.717, 1.165) is 12.0 Å². The summed E-state index contributed by atoms with van der Waals surface area (Å²) in [6.07, 6.45) is 1.22. The topological polar surface area (TPSA) is 98.5 Å². The second-order valence-electron chi connectivity index (χ2n) is 5.96. The second kappa shape index (κ2) is 7.42. The van der Waals surface area contributed by atoms with E-state index in [9.17, 15) is 13.2 Å². The van der Waals surface area contributed by atoms with Crippen LogP contribution >= 0.6 is 0 Å². The minimum Gasteiger partial charge on any atom is -0.367 e. The standard InChI is InChI=1S/C16H24N2O4S/c1-3-11(2)12-4-7-14(8-5-12)23(20,21)18-10-13-6-9-15(22-13)16(17)19/h4-5,7-8,11,13,15,18H,3,6,9-10H2,1-2H3,(H2,17,19)/t11-,13-,15+/m0/s1. The lowest BCUT2D eigenvalue weighted by atomic mass is 9.99. The van der Waals surface area contributed by atoms with Crippen molar-refractivity contribution in [1.29, 1.82) is 0 Å². The van der Waals surface area contributed by atoms with Crippen molar-refractivity contribution in [2.24, 2.45) is 5.73 Å². The number of ether oxygens (including phenoxy) is 1. The van der Waals surface area contributed by atoms with Gasteiger partial charge in [-0.25, -0.2) is 13.1 Å². The molecule has 128 valence electrons. The lowest BCUT2D eigenvalue weighted by molar-refractivity contribution is -0.128. The lowest BCUT2D eigenvalue weighted by Crippen LogP contribution is -2.34. The molecular weight excluding hydrogens is 316 g/mol. The minimum atomic E-state index is -3.58. The van der Waals surface area contributed by atoms with E-state index < -0.39 is 22.0 Å². The zero-order valence-corrected chi connectivity index (χ0v) is 14.3. The molecule has 6 nitrogen and oxygen atoms in total. The zero-order chi connectivity index (χ0) is 17.0. The number of benzene rings is 1. The normalized spacial score (nSPS) is 22.9. The molecule has 1 saturated heterocycles. The van der Waals surface area contributed by atoms with Gasteiger partial charge in [0.1, 0.15) is 6.10 Å². The highest BCUT2D eigenvalue weighted by atomic mass is 32.2. The molecule has 1 aliphatic heterocycles. The van der Waals surface area contributed by atoms with Crippen LogP contribution < -0.4 is 10.5 Å². The largest absolute Gasteiger partial charge is 0.367 e. The van der Waals surface area contributed by atoms with Crippen LogP contribution in [0.1, 0.15) is 44.6 Å². The van der Waals surface area contributed by atoms with Gasteiger partial charge in [0.25, 0.3) is 0 Å². The Morgan fingerprint density at radius 1 is 1.35 bits per heavy atom. The van der Waals surface area contributed by atoms with Crippen LogP contribution in [0.15, 0.2) is 29.2 Å². The van der Waals surface area contributed by atoms with Gasteiger partial charge in [-0.2, -0.15) is 0 Å². The second-order valence-corrected chi connectivity index (χ2v) is 7.72. The van der Waals surface area contributed by atoms with Crippen LogP contribution in [0, 0.1) is 0 Å². The fourth-order valence-corrected chi connectivity index (χ4v) is 3.63. The summed E-state index contributed by atoms with van der Waals surface area (Å²) in [6.45, 7) is 4.34. The summed E-state index contributed by atoms with van der Waals surface area (Å²) in [5, 5.41) is 0. The molecule has 1 heterocycles. The number of primary amides is 1. The van der Waals surface area contributed by atoms with Crippen LogP contribution in [-0.2, 0) is 19.6 Å². The summed E-state index contributed by atoms with van der Waals surface area (Å²) in [5.74, 6) is -0.103. The van der Waals surface area contributed by atoms with Crippen LogP contribution in [0.2, 0.25) is 0 Å². The number of carbonyl (C=O) groups is 1. The van der Waals surface area contributed by atoms with Crippen molar-refractivity contribution >= 4 is 15.9 Å². The Bertz CT molecular complexity index is 643. The Balaban J connectivity index is 1.95. The summed E-state index contributed by atoms with van der Waals surface area (Å²) >= 11 is 0. The highest BCUT2D eigenvalue weighted by Crippen LogP contribution is 2.21. The summed E-state index contributed by atoms with van der Waals surface area (Å²) in [6, 6.07) is 6.92. The third-order valence-electron chi connectivity index (χ3n) is 4.30. The van der Waals surface area contributed by atoms with E-state index in [1.165, 1.54) is 0 Å². The molecule has 0 saturated carbocycles. The molecule has 1 aliphatic rings. The zero-order valence-electron chi connectivity index (χ0n) is 13.5. The molecule has 1 aromatic carbocycles. The maximum atomic E-state index is 12.3. The Morgan fingerprint density at radius 2 is 2.00 bits per heavy atom. The van der Waals surface area contributed by atoms with Crippen LogP contribution in [-0.4, -0.2) is 33.1 Å². The maximum absolute atomic E-state index is 12.3. The molecule has 1 fully saturated rings. The van der Waals surface area contributed by atoms with E-state index in [-0.39, 0.29) is 17.5 Å². The van der Waals surface area contributed by atoms with Crippen molar-refractivity contribution in [2.45, 2.75) is 56.1 Å². The van der Waals surface area contributed by atoms with Crippen LogP contribution in [0.4, 0.5) is 0 Å². The first-order valence-electron chi connectivity index (χ1n) is 7.88. The van der Waals surface area contributed by atoms with E-state index in [4.69, 9.17) is 10.5 Å². The fourth-order valence-electron chi connectivity index (χ4n) is 2.56. The van der Waals surface area contributed by atoms with Crippen molar-refractivity contribution in [2.75, 3.05) is 6.54 Å². The molecule has 0 bridgehead atoms. The van der Waals surface area contributed by atoms with Gasteiger partial charge in [0.2, 0.25) is 15.9 Å². The van der Waals surface area contributed by atoms with Gasteiger partial charge in [-0.15, -0.1) is 0 Å². The Kier molecular flexibility index (Phi) is 5.78. The van der Waals surface area contributed by atoms with Gasteiger partial charge in [0.05, 0.1) is 11.0 Å². The number of carbonyl (C=O) groups excluding carboxylic acids is 1. The van der Waals surface area contributed by atoms with Crippen molar-refractivity contribution in [3.8, 4) is 0 Å². The third kappa shape index (κ3) is 4.53. The predicted octanol–water partition coefficient (Wildman–Crippen LogP) is 1.51. The summed E-state index contributed by atoms with van der Waals surface area (Å²) in [4.78, 5) is 11.3. The first kappa shape index (κ1) is 17.9. The quantitative estimate of drug-likeness (QED) is 0.786. The smallest absolute Gasteiger partial charge is 0.246 e. The molecule has 0 aliphatic carbocycles. The van der Waals surface area contributed by atoms with E-state index >= 15 is 0 Å². The van der Waals surface area contributed by atoms with Crippen LogP contribution in [0.25, 0.3) is 0 Å². The van der Waals surface area contributed by atoms with Gasteiger partial charge in [0, 0.05) is 6.54 Å². The predicted molar refractivity (Wildman–Crippen MR) is 87.4 cm³/mol. The third-order valence-corrected chi connectivity index (χ3v) is 5.74. The van der Waals surface area contributed by atoms with Crippen LogP contribution in [0.3, 0.4) is 0 Å². The van der Waals surface area contributed by atoms with Gasteiger partial charge in [0.15, 0.2) is 0 Å². The molecule has 2 rings (SSSR count). The molecule has 0 unspecified atom stereocenters. The van der Waals surface area contributed by atoms with Crippen molar-refractivity contribution in [3.63, 3.8) is 0 Å². The van der Waals surface area contributed by atoms with E-state index in [0.29, 0.717) is 18.8 Å². The monoisotopic (exact) mass is 340 g/mol. The number of amides is 1. The summed E-state index contributed by atoms with van der Waals surface area (Å²) in [5.41, 5.74) is 6.30. The van der Waals surface area contributed by atoms with E-state index in [1.807, 2.05) is 12.1 Å². The number of rotatable bonds is 7. The first-order valence-corrected chi connectivity index (χ1v) is 9.36. The molecule has 0 radical (unpaired) electrons. The Hall–Kier alpha value is -1.44. The van der Waals surface area contributed by atoms with Crippen molar-refractivity contribution in [3.05, 3.63) is 29.8 Å². The summed E-state index contributed by atoms with van der Waals surface area (Å²) < 4.78 is 32.5. The minimum absolute atomic E-state index is 0.138. The molecule has 0 spiro atoms. The van der Waals surface area contributed by atoms with Crippen molar-refractivity contribution in [1.82, 2.24) is 4.72 Å². The number of sulfonamides is 1. The highest BCUT2D eigenvalue weighted by molar-refractivity contribution is 7.89. The van der Waals surface area contributed by atoms with Gasteiger partial charge in [-0.05, 0) is 42.9 Å². The molecule has 0 aromatic heterocycles. The molecule has 3 N–H and O–H groups in total. The fraction of sp³-hybridized carbons (Fsp3) is 0.562. The van der Waals surface area contributed by atoms with Gasteiger partial charge in [-0.1, -0.05) is 26.0 Å². The van der Waals surface area contributed by atoms with Crippen LogP contribution in [0.5, 0.6) is 0 Å². The Morgan fingerprint density at radius 3 is 2.52 bits per heavy atom. The van der Waals surface area contributed by atoms with E-state index in [2.05, 4.69) is 18.6 Å². The SMILES string of the molecule is CC[C@H](C)c1ccc(S(=O)(=O)NC[C@@H]2CC[C@H](C(N)=O)O2)cc1. The van der Waals surface area contributed by atoms with E-state index in [1.54, 1.807) is 12.1 Å². The van der Waals surface area contributed by atoms with Gasteiger partial charge < -0.3 is 10.5 Å². The molecule has 1 aromatic rings. The number of hydrogen-bond acceptors (Lipinski definition) is 4. The number of nitrogens with two attached hydrogens (primary N) is 1. The maximum Gasteiger partial charge on any atom is 0.246 e. The Labute approximate surface area is 137 Å². The van der Waals surface area contributed by atoms with Gasteiger partial charge >= 0.3 is 0 Å². The molecule has 1 amide bonds. The van der Waals surface area contributed by atoms with Gasteiger partial charge in [-0.3, -0.25) is 4.79 Å². The molecule has 3 atom stereocenters. The summed E-state index contributed by atoms with van der Waals surface area (Å²) in [7, 11) is -3.58. The highest BCUT2D eigenvalue weighted by Gasteiger charge is 2.30. The first-order chi connectivity index (χ1) is 10.8. The average Bonchev–Trinajstić information content (AvgIpc) is 3.02. The number of hydrogen-bond donors (Lipinski definition) is 2. The lowest BCUT2D eigenvalue weighted by Gasteiger charge is -2.14. The van der Waals surface area contributed by atoms with Crippen molar-refractivity contribution < 1.29 is 17.9 Å². The number of nitrogens with one attached hydrogen (secondary N) is 1. The molecule has 7 heteroatoms. The molecular formula is C16H24N2O4S. The molecule has 23 heavy (non-hydrogen) atoms. The average molecular weight is 340 g/mol.